The van der Waals surface area contributed by atoms with Gasteiger partial charge in [0.05, 0.1) is 72.5 Å². The van der Waals surface area contributed by atoms with E-state index < -0.39 is 0 Å². The first-order chi connectivity index (χ1) is 53.5. The summed E-state index contributed by atoms with van der Waals surface area (Å²) in [4.78, 5) is 11.0. The Balaban J connectivity index is 0.994. The summed E-state index contributed by atoms with van der Waals surface area (Å²) in [6.07, 6.45) is 0. The van der Waals surface area contributed by atoms with E-state index >= 15 is 0 Å². The third-order valence-electron chi connectivity index (χ3n) is 21.7. The molecule has 0 saturated heterocycles. The third-order valence-corrected chi connectivity index (χ3v) is 21.7. The molecule has 0 atom stereocenters. The van der Waals surface area contributed by atoms with Crippen molar-refractivity contribution in [2.45, 2.75) is 0 Å². The maximum Gasteiger partial charge on any atom is 0.164 e. The highest BCUT2D eigenvalue weighted by molar-refractivity contribution is 6.23. The number of nitrogens with zero attached hydrogens (tertiary/aromatic N) is 6. The lowest BCUT2D eigenvalue weighted by Gasteiger charge is -2.24. The van der Waals surface area contributed by atoms with Crippen LogP contribution >= 0.6 is 0 Å². The van der Waals surface area contributed by atoms with E-state index in [1.54, 1.807) is 0 Å². The molecule has 0 aliphatic heterocycles. The fourth-order valence-electron chi connectivity index (χ4n) is 16.6. The summed E-state index contributed by atoms with van der Waals surface area (Å²) < 4.78 is 15.3. The van der Waals surface area contributed by atoms with Gasteiger partial charge in [-0.05, 0) is 152 Å². The van der Waals surface area contributed by atoms with Gasteiger partial charge in [0.1, 0.15) is 17.2 Å². The maximum absolute atomic E-state index is 13.1. The number of furan rings is 1. The van der Waals surface area contributed by atoms with Crippen molar-refractivity contribution in [3.05, 3.63) is 382 Å². The van der Waals surface area contributed by atoms with Crippen LogP contribution in [0.1, 0.15) is 5.56 Å². The van der Waals surface area contributed by atoms with Gasteiger partial charge in [0.15, 0.2) is 11.4 Å². The molecule has 16 aromatic carbocycles. The molecule has 7 heteroatoms. The first-order valence-corrected chi connectivity index (χ1v) is 36.6. The van der Waals surface area contributed by atoms with Crippen molar-refractivity contribution in [2.75, 3.05) is 0 Å². The average molecular weight is 1380 g/mol. The van der Waals surface area contributed by atoms with Gasteiger partial charge < -0.3 is 18.1 Å². The maximum atomic E-state index is 13.1. The van der Waals surface area contributed by atoms with Gasteiger partial charge in [0, 0.05) is 48.8 Å². The molecule has 21 aromatic rings. The standard InChI is InChI=1S/C101H62N6O/c102-63-86-96(105-89-50-44-72(64-26-9-1-10-27-64)56-80(89)81-57-73(45-51-90(81)105)65-28-11-2-12-29-65)98(107-93-54-48-76(68-34-17-5-18-35-68)60-84(93)85-61-77(49-55-94(85)107)69-36-19-6-20-37-69)97(106-91-52-46-74(66-30-13-3-14-31-66)58-82(91)83-59-75(47-53-92(83)106)67-32-15-4-16-33-67)95-78-42-25-43-79(99(78)108-100(86)95)101-103-87(70-38-21-7-22-39-70)62-88(104-101)71-40-23-8-24-41-71/h1-62H. The van der Waals surface area contributed by atoms with Crippen LogP contribution in [0.15, 0.2) is 381 Å². The first kappa shape index (κ1) is 61.9. The Morgan fingerprint density at radius 2 is 0.509 bits per heavy atom. The van der Waals surface area contributed by atoms with Gasteiger partial charge in [-0.1, -0.05) is 291 Å². The molecule has 0 amide bonds. The molecular weight excluding hydrogens is 1310 g/mol. The van der Waals surface area contributed by atoms with Gasteiger partial charge in [-0.15, -0.1) is 0 Å². The number of fused-ring (bicyclic) bond motifs is 12. The topological polar surface area (TPSA) is 77.5 Å². The smallest absolute Gasteiger partial charge is 0.164 e. The zero-order valence-corrected chi connectivity index (χ0v) is 58.4. The Kier molecular flexibility index (Phi) is 14.5. The van der Waals surface area contributed by atoms with Crippen LogP contribution in [0, 0.1) is 11.3 Å². The molecule has 0 fully saturated rings. The Morgan fingerprint density at radius 1 is 0.231 bits per heavy atom. The van der Waals surface area contributed by atoms with Crippen molar-refractivity contribution in [3.63, 3.8) is 0 Å². The van der Waals surface area contributed by atoms with Gasteiger partial charge in [0.2, 0.25) is 0 Å². The Morgan fingerprint density at radius 3 is 0.806 bits per heavy atom. The van der Waals surface area contributed by atoms with E-state index in [2.05, 4.69) is 359 Å². The molecule has 7 nitrogen and oxygen atoms in total. The van der Waals surface area contributed by atoms with Crippen LogP contribution in [-0.4, -0.2) is 23.7 Å². The average Bonchev–Trinajstić information content (AvgIpc) is 1.51. The van der Waals surface area contributed by atoms with E-state index in [9.17, 15) is 5.26 Å². The molecule has 21 rings (SSSR count). The number of benzene rings is 16. The van der Waals surface area contributed by atoms with Crippen molar-refractivity contribution < 1.29 is 4.42 Å². The predicted molar refractivity (Wildman–Crippen MR) is 446 cm³/mol. The van der Waals surface area contributed by atoms with Gasteiger partial charge in [-0.25, -0.2) is 9.97 Å². The zero-order valence-electron chi connectivity index (χ0n) is 58.4. The lowest BCUT2D eigenvalue weighted by atomic mass is 9.99. The van der Waals surface area contributed by atoms with Crippen LogP contribution in [0.2, 0.25) is 0 Å². The van der Waals surface area contributed by atoms with E-state index in [0.717, 1.165) is 177 Å². The monoisotopic (exact) mass is 1370 g/mol. The lowest BCUT2D eigenvalue weighted by molar-refractivity contribution is 0.667. The Labute approximate surface area is 622 Å². The molecule has 0 spiro atoms. The zero-order chi connectivity index (χ0) is 71.3. The van der Waals surface area contributed by atoms with Crippen LogP contribution in [0.3, 0.4) is 0 Å². The van der Waals surface area contributed by atoms with Gasteiger partial charge >= 0.3 is 0 Å². The highest BCUT2D eigenvalue weighted by atomic mass is 16.3. The summed E-state index contributed by atoms with van der Waals surface area (Å²) in [5.41, 5.74) is 26.4. The third kappa shape index (κ3) is 10.1. The highest BCUT2D eigenvalue weighted by Crippen LogP contribution is 2.53. The van der Waals surface area contributed by atoms with Crippen molar-refractivity contribution in [1.82, 2.24) is 23.7 Å². The van der Waals surface area contributed by atoms with E-state index in [0.29, 0.717) is 33.8 Å². The van der Waals surface area contributed by atoms with Crippen molar-refractivity contribution in [3.8, 4) is 124 Å². The molecule has 5 aromatic heterocycles. The normalized spacial score (nSPS) is 11.7. The molecule has 0 unspecified atom stereocenters. The van der Waals surface area contributed by atoms with Gasteiger partial charge in [-0.3, -0.25) is 0 Å². The summed E-state index contributed by atoms with van der Waals surface area (Å²) in [5.74, 6) is 0.482. The lowest BCUT2D eigenvalue weighted by Crippen LogP contribution is -2.12. The van der Waals surface area contributed by atoms with Crippen molar-refractivity contribution in [1.29, 1.82) is 5.26 Å². The van der Waals surface area contributed by atoms with Crippen LogP contribution in [0.5, 0.6) is 0 Å². The van der Waals surface area contributed by atoms with E-state index in [4.69, 9.17) is 14.4 Å². The summed E-state index contributed by atoms with van der Waals surface area (Å²) in [6.45, 7) is 0. The minimum Gasteiger partial charge on any atom is -0.454 e. The molecule has 0 N–H and O–H groups in total. The number of hydrogen-bond acceptors (Lipinski definition) is 4. The van der Waals surface area contributed by atoms with E-state index in [-0.39, 0.29) is 0 Å². The SMILES string of the molecule is N#Cc1c(-n2c3ccc(-c4ccccc4)cc3c3cc(-c4ccccc4)ccc32)c(-n2c3ccc(-c4ccccc4)cc3c3cc(-c4ccccc4)ccc32)c(-n2c3ccc(-c4ccccc4)cc3c3cc(-c4ccccc4)ccc32)c2c1oc1c(-c3nc(-c4ccccc4)cc(-c4ccccc4)n3)cccc12. The Bertz CT molecular complexity index is 6830. The summed E-state index contributed by atoms with van der Waals surface area (Å²) in [7, 11) is 0. The molecule has 5 heterocycles. The minimum atomic E-state index is 0.350. The van der Waals surface area contributed by atoms with Gasteiger partial charge in [0.25, 0.3) is 0 Å². The van der Waals surface area contributed by atoms with Gasteiger partial charge in [-0.2, -0.15) is 5.26 Å². The summed E-state index contributed by atoms with van der Waals surface area (Å²) in [6, 6.07) is 137. The number of rotatable bonds is 12. The Hall–Kier alpha value is -14.7. The largest absolute Gasteiger partial charge is 0.454 e. The highest BCUT2D eigenvalue weighted by Gasteiger charge is 2.35. The number of aromatic nitrogens is 5. The second kappa shape index (κ2) is 25.3. The van der Waals surface area contributed by atoms with E-state index in [1.165, 1.54) is 0 Å². The number of hydrogen-bond donors (Lipinski definition) is 0. The van der Waals surface area contributed by atoms with Crippen LogP contribution < -0.4 is 0 Å². The molecule has 0 bridgehead atoms. The summed E-state index contributed by atoms with van der Waals surface area (Å²) >= 11 is 0. The molecule has 0 aliphatic rings. The molecule has 0 radical (unpaired) electrons. The second-order valence-electron chi connectivity index (χ2n) is 27.8. The van der Waals surface area contributed by atoms with Crippen LogP contribution in [0.4, 0.5) is 0 Å². The minimum absolute atomic E-state index is 0.350. The van der Waals surface area contributed by atoms with E-state index in [1.807, 2.05) is 36.4 Å². The first-order valence-electron chi connectivity index (χ1n) is 36.6. The predicted octanol–water partition coefficient (Wildman–Crippen LogP) is 26.5. The van der Waals surface area contributed by atoms with Crippen molar-refractivity contribution in [2.24, 2.45) is 0 Å². The molecule has 0 saturated carbocycles. The number of para-hydroxylation sites is 1. The van der Waals surface area contributed by atoms with Crippen LogP contribution in [-0.2, 0) is 0 Å². The molecule has 108 heavy (non-hydrogen) atoms. The fourth-order valence-corrected chi connectivity index (χ4v) is 16.6. The summed E-state index contributed by atoms with van der Waals surface area (Å²) in [5, 5.41) is 20.9. The molecular formula is C101H62N6O. The number of nitriles is 1. The molecule has 0 aliphatic carbocycles. The molecule has 502 valence electrons. The quantitative estimate of drug-likeness (QED) is 0.122. The van der Waals surface area contributed by atoms with Crippen LogP contribution in [0.25, 0.3) is 205 Å². The van der Waals surface area contributed by atoms with Crippen molar-refractivity contribution >= 4 is 87.4 Å². The second-order valence-corrected chi connectivity index (χ2v) is 27.8. The fraction of sp³-hybridized carbons (Fsp3) is 0.